The Bertz CT molecular complexity index is 309. The quantitative estimate of drug-likeness (QED) is 0.366. The summed E-state index contributed by atoms with van der Waals surface area (Å²) >= 11 is 0. The fourth-order valence-electron chi connectivity index (χ4n) is 1.66. The number of hydrogen-bond donors (Lipinski definition) is 2. The van der Waals surface area contributed by atoms with Gasteiger partial charge in [-0.1, -0.05) is 0 Å². The summed E-state index contributed by atoms with van der Waals surface area (Å²) in [6, 6.07) is 0. The molecule has 2 saturated heterocycles. The van der Waals surface area contributed by atoms with E-state index in [2.05, 4.69) is 0 Å². The van der Waals surface area contributed by atoms with Gasteiger partial charge in [-0.05, 0) is 0 Å². The number of carbonyl (C=O) groups excluding carboxylic acids is 2. The van der Waals surface area contributed by atoms with Gasteiger partial charge in [-0.15, -0.1) is 0 Å². The Balaban J connectivity index is 1.85. The van der Waals surface area contributed by atoms with Crippen LogP contribution in [0.25, 0.3) is 0 Å². The van der Waals surface area contributed by atoms with Crippen molar-refractivity contribution in [1.82, 2.24) is 0 Å². The molecule has 0 bridgehead atoms. The highest BCUT2D eigenvalue weighted by Crippen LogP contribution is 2.19. The maximum atomic E-state index is 11.9. The first-order valence-electron chi connectivity index (χ1n) is 6.29. The van der Waals surface area contributed by atoms with E-state index in [1.165, 1.54) is 0 Å². The third-order valence-corrected chi connectivity index (χ3v) is 2.91. The van der Waals surface area contributed by atoms with Crippen molar-refractivity contribution in [3.8, 4) is 0 Å². The van der Waals surface area contributed by atoms with Crippen molar-refractivity contribution in [3.05, 3.63) is 0 Å². The van der Waals surface area contributed by atoms with Gasteiger partial charge in [-0.25, -0.2) is 0 Å². The number of aliphatic hydroxyl groups is 2. The molecule has 0 spiro atoms. The van der Waals surface area contributed by atoms with Gasteiger partial charge >= 0.3 is 0 Å². The zero-order chi connectivity index (χ0) is 13.8. The molecule has 2 aliphatic heterocycles. The fourth-order valence-corrected chi connectivity index (χ4v) is 1.66. The summed E-state index contributed by atoms with van der Waals surface area (Å²) in [7, 11) is 0. The molecule has 2 heterocycles. The van der Waals surface area contributed by atoms with Crippen molar-refractivity contribution in [1.29, 1.82) is 0 Å². The molecule has 2 aliphatic rings. The Kier molecular flexibility index (Phi) is 5.00. The van der Waals surface area contributed by atoms with Crippen molar-refractivity contribution in [2.45, 2.75) is 37.3 Å². The van der Waals surface area contributed by atoms with Crippen LogP contribution in [-0.2, 0) is 23.8 Å². The van der Waals surface area contributed by atoms with Gasteiger partial charge in [0.1, 0.15) is 6.10 Å². The largest absolute Gasteiger partial charge is 0.394 e. The first-order chi connectivity index (χ1) is 9.10. The average molecular weight is 274 g/mol. The maximum Gasteiger partial charge on any atom is 0.174 e. The van der Waals surface area contributed by atoms with Crippen LogP contribution in [0.4, 0.5) is 0 Å². The minimum atomic E-state index is -1.20. The van der Waals surface area contributed by atoms with Crippen molar-refractivity contribution in [2.75, 3.05) is 26.4 Å². The van der Waals surface area contributed by atoms with Crippen LogP contribution in [-0.4, -0.2) is 72.6 Å². The Morgan fingerprint density at radius 2 is 1.63 bits per heavy atom. The molecule has 7 heteroatoms. The number of hydrogen-bond acceptors (Lipinski definition) is 7. The lowest BCUT2D eigenvalue weighted by Crippen LogP contribution is -2.37. The van der Waals surface area contributed by atoms with Crippen LogP contribution in [0, 0.1) is 0 Å². The molecular formula is C12H18O7. The molecule has 19 heavy (non-hydrogen) atoms. The van der Waals surface area contributed by atoms with Crippen molar-refractivity contribution < 1.29 is 34.0 Å². The van der Waals surface area contributed by atoms with Gasteiger partial charge in [-0.3, -0.25) is 9.59 Å². The minimum Gasteiger partial charge on any atom is -0.394 e. The molecule has 0 radical (unpaired) electrons. The fraction of sp³-hybridized carbons (Fsp3) is 0.833. The number of rotatable bonds is 10. The summed E-state index contributed by atoms with van der Waals surface area (Å²) < 4.78 is 15.1. The van der Waals surface area contributed by atoms with Crippen LogP contribution in [0.3, 0.4) is 0 Å². The predicted octanol–water partition coefficient (Wildman–Crippen LogP) is -1.56. The zero-order valence-electron chi connectivity index (χ0n) is 10.5. The molecule has 0 aliphatic carbocycles. The second kappa shape index (κ2) is 6.53. The van der Waals surface area contributed by atoms with E-state index in [9.17, 15) is 14.7 Å². The van der Waals surface area contributed by atoms with Gasteiger partial charge in [0.25, 0.3) is 0 Å². The number of Topliss-reactive ketones (excluding diaryl/α,β-unsaturated/α-hetero) is 2. The predicted molar refractivity (Wildman–Crippen MR) is 61.6 cm³/mol. The van der Waals surface area contributed by atoms with E-state index in [4.69, 9.17) is 19.3 Å². The summed E-state index contributed by atoms with van der Waals surface area (Å²) in [5.41, 5.74) is 0. The van der Waals surface area contributed by atoms with Gasteiger partial charge in [0, 0.05) is 12.8 Å². The number of carbonyl (C=O) groups is 2. The Labute approximate surface area is 110 Å². The monoisotopic (exact) mass is 274 g/mol. The van der Waals surface area contributed by atoms with E-state index >= 15 is 0 Å². The van der Waals surface area contributed by atoms with Crippen LogP contribution in [0.1, 0.15) is 12.8 Å². The van der Waals surface area contributed by atoms with E-state index in [0.717, 1.165) is 0 Å². The normalized spacial score (nSPS) is 27.7. The highest BCUT2D eigenvalue weighted by Gasteiger charge is 2.36. The average Bonchev–Trinajstić information content (AvgIpc) is 3.25. The summed E-state index contributed by atoms with van der Waals surface area (Å²) in [5.74, 6) is -0.698. The lowest BCUT2D eigenvalue weighted by Gasteiger charge is -2.16. The van der Waals surface area contributed by atoms with Gasteiger partial charge < -0.3 is 24.4 Å². The first kappa shape index (κ1) is 14.5. The Morgan fingerprint density at radius 1 is 1.16 bits per heavy atom. The molecule has 3 atom stereocenters. The summed E-state index contributed by atoms with van der Waals surface area (Å²) in [4.78, 5) is 23.9. The zero-order valence-corrected chi connectivity index (χ0v) is 10.5. The second-order valence-electron chi connectivity index (χ2n) is 4.80. The van der Waals surface area contributed by atoms with E-state index in [-0.39, 0.29) is 43.2 Å². The van der Waals surface area contributed by atoms with Gasteiger partial charge in [0.2, 0.25) is 0 Å². The maximum absolute atomic E-state index is 11.9. The smallest absolute Gasteiger partial charge is 0.174 e. The SMILES string of the molecule is O=C(CC1CO1)C(OCC(O)CO)C(=O)CC1CO1. The lowest BCUT2D eigenvalue weighted by atomic mass is 10.0. The molecule has 7 nitrogen and oxygen atoms in total. The van der Waals surface area contributed by atoms with Crippen molar-refractivity contribution >= 4 is 11.6 Å². The van der Waals surface area contributed by atoms with Crippen LogP contribution in [0.15, 0.2) is 0 Å². The van der Waals surface area contributed by atoms with E-state index in [1.54, 1.807) is 0 Å². The van der Waals surface area contributed by atoms with Crippen molar-refractivity contribution in [3.63, 3.8) is 0 Å². The molecule has 0 aromatic heterocycles. The van der Waals surface area contributed by atoms with Crippen LogP contribution in [0.5, 0.6) is 0 Å². The Morgan fingerprint density at radius 3 is 2.00 bits per heavy atom. The number of ketones is 2. The standard InChI is InChI=1S/C12H18O7/c13-3-7(14)4-19-12(10(15)1-8-5-17-8)11(16)2-9-6-18-9/h7-9,12-14H,1-6H2. The van der Waals surface area contributed by atoms with Crippen LogP contribution >= 0.6 is 0 Å². The van der Waals surface area contributed by atoms with Gasteiger partial charge in [0.15, 0.2) is 17.7 Å². The third-order valence-electron chi connectivity index (χ3n) is 2.91. The topological polar surface area (TPSA) is 109 Å². The van der Waals surface area contributed by atoms with E-state index in [0.29, 0.717) is 13.2 Å². The Hall–Kier alpha value is -0.860. The molecule has 0 amide bonds. The molecule has 0 saturated carbocycles. The molecule has 2 rings (SSSR count). The molecule has 2 N–H and O–H groups in total. The van der Waals surface area contributed by atoms with Crippen LogP contribution in [0.2, 0.25) is 0 Å². The van der Waals surface area contributed by atoms with Gasteiger partial charge in [0.05, 0.1) is 38.6 Å². The molecule has 108 valence electrons. The molecule has 2 fully saturated rings. The summed E-state index contributed by atoms with van der Waals surface area (Å²) in [5, 5.41) is 17.9. The highest BCUT2D eigenvalue weighted by atomic mass is 16.6. The second-order valence-corrected chi connectivity index (χ2v) is 4.80. The van der Waals surface area contributed by atoms with E-state index < -0.39 is 18.8 Å². The summed E-state index contributed by atoms with van der Waals surface area (Å²) in [6.45, 7) is 0.317. The minimum absolute atomic E-state index is 0.119. The lowest BCUT2D eigenvalue weighted by molar-refractivity contribution is -0.145. The molecule has 0 aromatic rings. The number of epoxide rings is 2. The van der Waals surface area contributed by atoms with Gasteiger partial charge in [-0.2, -0.15) is 0 Å². The number of aliphatic hydroxyl groups excluding tert-OH is 2. The van der Waals surface area contributed by atoms with E-state index in [1.807, 2.05) is 0 Å². The summed E-state index contributed by atoms with van der Waals surface area (Å²) in [6.07, 6.45) is -2.27. The molecule has 3 unspecified atom stereocenters. The van der Waals surface area contributed by atoms with Crippen LogP contribution < -0.4 is 0 Å². The highest BCUT2D eigenvalue weighted by molar-refractivity contribution is 6.05. The molecular weight excluding hydrogens is 256 g/mol. The number of ether oxygens (including phenoxy) is 3. The van der Waals surface area contributed by atoms with Crippen molar-refractivity contribution in [2.24, 2.45) is 0 Å². The third kappa shape index (κ3) is 4.96. The molecule has 0 aromatic carbocycles. The first-order valence-corrected chi connectivity index (χ1v) is 6.29.